The van der Waals surface area contributed by atoms with Crippen molar-refractivity contribution in [1.82, 2.24) is 14.8 Å². The number of nitrogens with one attached hydrogen (secondary N) is 1. The number of non-ortho nitro benzene ring substituents is 1. The summed E-state index contributed by atoms with van der Waals surface area (Å²) >= 11 is 1.26. The van der Waals surface area contributed by atoms with Crippen LogP contribution in [0.25, 0.3) is 27.6 Å². The van der Waals surface area contributed by atoms with Gasteiger partial charge in [-0.2, -0.15) is 15.1 Å². The van der Waals surface area contributed by atoms with Crippen molar-refractivity contribution in [1.29, 1.82) is 5.26 Å². The summed E-state index contributed by atoms with van der Waals surface area (Å²) in [5.41, 5.74) is 2.70. The van der Waals surface area contributed by atoms with Gasteiger partial charge in [-0.25, -0.2) is 4.98 Å². The summed E-state index contributed by atoms with van der Waals surface area (Å²) in [6, 6.07) is 21.6. The third-order valence-electron chi connectivity index (χ3n) is 5.56. The van der Waals surface area contributed by atoms with E-state index >= 15 is 0 Å². The lowest BCUT2D eigenvalue weighted by atomic mass is 10.1. The number of thiazole rings is 1. The lowest BCUT2D eigenvalue weighted by molar-refractivity contribution is -0.384. The number of rotatable bonds is 7. The first-order chi connectivity index (χ1) is 18.5. The number of nitro benzene ring substituents is 1. The van der Waals surface area contributed by atoms with Gasteiger partial charge in [-0.15, -0.1) is 16.5 Å². The van der Waals surface area contributed by atoms with Crippen LogP contribution in [0.5, 0.6) is 5.75 Å². The van der Waals surface area contributed by atoms with E-state index in [1.54, 1.807) is 31.4 Å². The molecule has 0 aliphatic heterocycles. The van der Waals surface area contributed by atoms with Gasteiger partial charge >= 0.3 is 5.56 Å². The molecule has 1 N–H and O–H groups in total. The highest BCUT2D eigenvalue weighted by molar-refractivity contribution is 7.12. The molecule has 0 saturated carbocycles. The predicted molar refractivity (Wildman–Crippen MR) is 141 cm³/mol. The van der Waals surface area contributed by atoms with E-state index in [0.717, 1.165) is 11.3 Å². The number of aromatic amines is 1. The Morgan fingerprint density at radius 3 is 2.34 bits per heavy atom. The molecule has 0 unspecified atom stereocenters. The molecule has 2 heterocycles. The molecule has 0 bridgehead atoms. The van der Waals surface area contributed by atoms with Crippen LogP contribution in [-0.2, 0) is 0 Å². The fourth-order valence-corrected chi connectivity index (χ4v) is 4.37. The molecule has 12 heteroatoms. The molecule has 0 aliphatic rings. The van der Waals surface area contributed by atoms with E-state index < -0.39 is 10.5 Å². The first-order valence-electron chi connectivity index (χ1n) is 11.1. The van der Waals surface area contributed by atoms with Crippen LogP contribution in [0, 0.1) is 21.4 Å². The van der Waals surface area contributed by atoms with E-state index in [1.807, 2.05) is 35.7 Å². The molecule has 0 aliphatic carbocycles. The zero-order valence-corrected chi connectivity index (χ0v) is 20.5. The molecule has 11 nitrogen and oxygen atoms in total. The first-order valence-corrected chi connectivity index (χ1v) is 12.0. The SMILES string of the molecule is COc1ccc(-c2csc(-n3[nH]c(-c4ccc([N+](=O)[O-])cc4)c(N=Nc4ccc(C#N)cc4)c3=O)n2)cc1. The van der Waals surface area contributed by atoms with Crippen molar-refractivity contribution >= 4 is 28.4 Å². The summed E-state index contributed by atoms with van der Waals surface area (Å²) in [6.07, 6.45) is 0. The van der Waals surface area contributed by atoms with Crippen molar-refractivity contribution in [2.24, 2.45) is 10.2 Å². The summed E-state index contributed by atoms with van der Waals surface area (Å²) in [4.78, 5) is 28.7. The van der Waals surface area contributed by atoms with Gasteiger partial charge in [0.05, 0.1) is 40.7 Å². The van der Waals surface area contributed by atoms with Crippen LogP contribution in [0.3, 0.4) is 0 Å². The number of nitriles is 1. The van der Waals surface area contributed by atoms with Crippen molar-refractivity contribution in [2.45, 2.75) is 0 Å². The fraction of sp³-hybridized carbons (Fsp3) is 0.0385. The van der Waals surface area contributed by atoms with Crippen LogP contribution >= 0.6 is 11.3 Å². The Balaban J connectivity index is 1.57. The van der Waals surface area contributed by atoms with Crippen molar-refractivity contribution in [2.75, 3.05) is 7.11 Å². The minimum Gasteiger partial charge on any atom is -0.497 e. The molecule has 5 aromatic rings. The third-order valence-corrected chi connectivity index (χ3v) is 6.39. The van der Waals surface area contributed by atoms with Gasteiger partial charge in [0.1, 0.15) is 5.75 Å². The van der Waals surface area contributed by atoms with Crippen LogP contribution in [0.15, 0.2) is 93.2 Å². The Labute approximate surface area is 219 Å². The Kier molecular flexibility index (Phi) is 6.58. The van der Waals surface area contributed by atoms with Crippen LogP contribution in [0.1, 0.15) is 5.56 Å². The molecule has 186 valence electrons. The molecule has 2 aromatic heterocycles. The number of H-pyrrole nitrogens is 1. The summed E-state index contributed by atoms with van der Waals surface area (Å²) in [6.45, 7) is 0. The molecule has 38 heavy (non-hydrogen) atoms. The van der Waals surface area contributed by atoms with E-state index in [1.165, 1.54) is 40.3 Å². The number of ether oxygens (including phenoxy) is 1. The minimum absolute atomic E-state index is 0.00408. The van der Waals surface area contributed by atoms with E-state index in [0.29, 0.717) is 33.3 Å². The molecule has 0 radical (unpaired) electrons. The van der Waals surface area contributed by atoms with Crippen molar-refractivity contribution < 1.29 is 9.66 Å². The number of hydrogen-bond acceptors (Lipinski definition) is 9. The fourth-order valence-electron chi connectivity index (χ4n) is 3.58. The molecule has 0 amide bonds. The Hall–Kier alpha value is -5.41. The Bertz CT molecular complexity index is 1740. The second kappa shape index (κ2) is 10.3. The second-order valence-electron chi connectivity index (χ2n) is 7.88. The smallest absolute Gasteiger partial charge is 0.301 e. The largest absolute Gasteiger partial charge is 0.497 e. The molecule has 0 fully saturated rings. The molecule has 0 saturated heterocycles. The van der Waals surface area contributed by atoms with Gasteiger partial charge in [-0.1, -0.05) is 0 Å². The topological polar surface area (TPSA) is 152 Å². The summed E-state index contributed by atoms with van der Waals surface area (Å²) < 4.78 is 6.47. The van der Waals surface area contributed by atoms with E-state index in [9.17, 15) is 14.9 Å². The molecular formula is C26H17N7O4S. The monoisotopic (exact) mass is 523 g/mol. The quantitative estimate of drug-likeness (QED) is 0.153. The predicted octanol–water partition coefficient (Wildman–Crippen LogP) is 6.16. The molecule has 0 spiro atoms. The van der Waals surface area contributed by atoms with Gasteiger partial charge in [0.15, 0.2) is 5.69 Å². The zero-order valence-electron chi connectivity index (χ0n) is 19.7. The van der Waals surface area contributed by atoms with Crippen LogP contribution < -0.4 is 10.3 Å². The van der Waals surface area contributed by atoms with Crippen LogP contribution in [-0.4, -0.2) is 26.8 Å². The second-order valence-corrected chi connectivity index (χ2v) is 8.72. The maximum absolute atomic E-state index is 13.5. The Morgan fingerprint density at radius 1 is 1.03 bits per heavy atom. The van der Waals surface area contributed by atoms with Crippen LogP contribution in [0.4, 0.5) is 17.1 Å². The van der Waals surface area contributed by atoms with Gasteiger partial charge in [0.2, 0.25) is 5.13 Å². The summed E-state index contributed by atoms with van der Waals surface area (Å²) in [7, 11) is 1.59. The Morgan fingerprint density at radius 2 is 1.71 bits per heavy atom. The molecular weight excluding hydrogens is 506 g/mol. The van der Waals surface area contributed by atoms with Gasteiger partial charge in [0, 0.05) is 28.6 Å². The number of benzene rings is 3. The van der Waals surface area contributed by atoms with Crippen molar-refractivity contribution in [3.8, 4) is 39.5 Å². The highest BCUT2D eigenvalue weighted by Crippen LogP contribution is 2.31. The van der Waals surface area contributed by atoms with Gasteiger partial charge in [-0.3, -0.25) is 20.0 Å². The van der Waals surface area contributed by atoms with E-state index in [2.05, 4.69) is 20.3 Å². The number of aromatic nitrogens is 3. The van der Waals surface area contributed by atoms with Crippen LogP contribution in [0.2, 0.25) is 0 Å². The normalized spacial score (nSPS) is 10.9. The van der Waals surface area contributed by atoms with E-state index in [4.69, 9.17) is 10.00 Å². The van der Waals surface area contributed by atoms with Gasteiger partial charge in [-0.05, 0) is 60.7 Å². The standard InChI is InChI=1S/C26H17N7O4S/c1-37-21-12-6-17(7-13-21)22-15-38-26(28-22)32-25(34)24(30-29-19-8-2-16(14-27)3-9-19)23(31-32)18-4-10-20(11-5-18)33(35)36/h2-13,15,31H,1H3. The number of nitro groups is 1. The number of methoxy groups -OCH3 is 1. The number of hydrogen-bond donors (Lipinski definition) is 1. The molecule has 0 atom stereocenters. The molecule has 3 aromatic carbocycles. The number of nitrogens with zero attached hydrogens (tertiary/aromatic N) is 6. The van der Waals surface area contributed by atoms with E-state index in [-0.39, 0.29) is 11.4 Å². The minimum atomic E-state index is -0.501. The average molecular weight is 524 g/mol. The summed E-state index contributed by atoms with van der Waals surface area (Å²) in [5, 5.41) is 33.7. The maximum atomic E-state index is 13.5. The van der Waals surface area contributed by atoms with Crippen molar-refractivity contribution in [3.63, 3.8) is 0 Å². The maximum Gasteiger partial charge on any atom is 0.301 e. The van der Waals surface area contributed by atoms with Crippen molar-refractivity contribution in [3.05, 3.63) is 104 Å². The number of azo groups is 1. The van der Waals surface area contributed by atoms with Gasteiger partial charge in [0.25, 0.3) is 5.69 Å². The summed E-state index contributed by atoms with van der Waals surface area (Å²) in [5.74, 6) is 0.717. The first kappa shape index (κ1) is 24.3. The highest BCUT2D eigenvalue weighted by Gasteiger charge is 2.20. The van der Waals surface area contributed by atoms with Gasteiger partial charge < -0.3 is 4.74 Å². The zero-order chi connectivity index (χ0) is 26.6. The highest BCUT2D eigenvalue weighted by atomic mass is 32.1. The third kappa shape index (κ3) is 4.81. The lowest BCUT2D eigenvalue weighted by Gasteiger charge is -2.01. The average Bonchev–Trinajstić information content (AvgIpc) is 3.57. The molecule has 5 rings (SSSR count). The lowest BCUT2D eigenvalue weighted by Crippen LogP contribution is -2.13.